The molecule has 66 valence electrons. The van der Waals surface area contributed by atoms with E-state index in [-0.39, 0.29) is 13.2 Å². The molecule has 0 bridgehead atoms. The zero-order valence-corrected chi connectivity index (χ0v) is 6.16. The number of rotatable bonds is 5. The summed E-state index contributed by atoms with van der Waals surface area (Å²) < 4.78 is 0. The maximum atomic E-state index is 10.1. The number of hydrogen-bond donors (Lipinski definition) is 4. The first-order valence-electron chi connectivity index (χ1n) is 3.26. The second kappa shape index (κ2) is 5.90. The number of aliphatic hydroxyl groups is 1. The summed E-state index contributed by atoms with van der Waals surface area (Å²) >= 11 is 0. The third-order valence-electron chi connectivity index (χ3n) is 1.02. The highest BCUT2D eigenvalue weighted by molar-refractivity contribution is 5.63. The average molecular weight is 163 g/mol. The summed E-state index contributed by atoms with van der Waals surface area (Å²) in [7, 11) is 0. The van der Waals surface area contributed by atoms with Gasteiger partial charge in [-0.1, -0.05) is 0 Å². The number of carbonyl (C=O) groups is 1. The molecule has 0 fully saturated rings. The second-order valence-electron chi connectivity index (χ2n) is 1.92. The van der Waals surface area contributed by atoms with E-state index in [1.54, 1.807) is 0 Å². The molecule has 6 nitrogen and oxygen atoms in total. The quantitative estimate of drug-likeness (QED) is 0.367. The Morgan fingerprint density at radius 1 is 1.55 bits per heavy atom. The fourth-order valence-corrected chi connectivity index (χ4v) is 0.635. The van der Waals surface area contributed by atoms with Crippen LogP contribution in [0.2, 0.25) is 0 Å². The molecule has 0 heterocycles. The van der Waals surface area contributed by atoms with Crippen molar-refractivity contribution in [2.75, 3.05) is 26.2 Å². The lowest BCUT2D eigenvalue weighted by molar-refractivity contribution is 0.123. The number of nitrogens with zero attached hydrogens (tertiary/aromatic N) is 1. The lowest BCUT2D eigenvalue weighted by Gasteiger charge is -2.18. The Bertz CT molecular complexity index is 114. The summed E-state index contributed by atoms with van der Waals surface area (Å²) in [6, 6.07) is 0. The minimum Gasteiger partial charge on any atom is -0.464 e. The van der Waals surface area contributed by atoms with Gasteiger partial charge in [-0.25, -0.2) is 9.80 Å². The van der Waals surface area contributed by atoms with Gasteiger partial charge in [0, 0.05) is 19.6 Å². The van der Waals surface area contributed by atoms with E-state index >= 15 is 0 Å². The first-order valence-corrected chi connectivity index (χ1v) is 3.26. The van der Waals surface area contributed by atoms with Crippen molar-refractivity contribution in [1.82, 2.24) is 10.4 Å². The van der Waals surface area contributed by atoms with Crippen LogP contribution in [0.3, 0.4) is 0 Å². The van der Waals surface area contributed by atoms with Crippen molar-refractivity contribution in [2.24, 2.45) is 5.73 Å². The Hall–Kier alpha value is -0.850. The molecule has 0 unspecified atom stereocenters. The third kappa shape index (κ3) is 5.59. The van der Waals surface area contributed by atoms with Crippen molar-refractivity contribution in [2.45, 2.75) is 0 Å². The average Bonchev–Trinajstić information content (AvgIpc) is 1.87. The largest absolute Gasteiger partial charge is 0.464 e. The summed E-state index contributed by atoms with van der Waals surface area (Å²) in [5.74, 6) is 0. The van der Waals surface area contributed by atoms with Crippen molar-refractivity contribution in [3.8, 4) is 0 Å². The van der Waals surface area contributed by atoms with Crippen molar-refractivity contribution in [1.29, 1.82) is 0 Å². The molecule has 0 atom stereocenters. The van der Waals surface area contributed by atoms with Gasteiger partial charge in [0.15, 0.2) is 0 Å². The molecule has 1 amide bonds. The number of nitrogens with two attached hydrogens (primary N) is 1. The highest BCUT2D eigenvalue weighted by Crippen LogP contribution is 1.79. The molecule has 0 rings (SSSR count). The molecule has 11 heavy (non-hydrogen) atoms. The molecule has 6 heteroatoms. The van der Waals surface area contributed by atoms with Crippen molar-refractivity contribution < 1.29 is 15.0 Å². The maximum absolute atomic E-state index is 10.1. The first-order chi connectivity index (χ1) is 5.20. The van der Waals surface area contributed by atoms with E-state index < -0.39 is 6.09 Å². The highest BCUT2D eigenvalue weighted by atomic mass is 16.4. The number of aliphatic hydroxyl groups excluding tert-OH is 1. The van der Waals surface area contributed by atoms with E-state index in [9.17, 15) is 4.79 Å². The van der Waals surface area contributed by atoms with Crippen LogP contribution in [0.5, 0.6) is 0 Å². The Morgan fingerprint density at radius 3 is 2.55 bits per heavy atom. The monoisotopic (exact) mass is 163 g/mol. The van der Waals surface area contributed by atoms with Crippen LogP contribution in [-0.2, 0) is 0 Å². The van der Waals surface area contributed by atoms with E-state index in [0.717, 1.165) is 0 Å². The van der Waals surface area contributed by atoms with Gasteiger partial charge >= 0.3 is 6.09 Å². The smallest absolute Gasteiger partial charge is 0.419 e. The highest BCUT2D eigenvalue weighted by Gasteiger charge is 2.04. The standard InChI is InChI=1S/C5H13N3O3/c6-1-2-8(3-4-9)7-5(10)11/h7,9H,1-4,6H2,(H,10,11). The van der Waals surface area contributed by atoms with Crippen molar-refractivity contribution in [3.63, 3.8) is 0 Å². The third-order valence-corrected chi connectivity index (χ3v) is 1.02. The van der Waals surface area contributed by atoms with E-state index in [1.807, 2.05) is 0 Å². The van der Waals surface area contributed by atoms with E-state index in [0.29, 0.717) is 13.1 Å². The summed E-state index contributed by atoms with van der Waals surface area (Å²) in [6.45, 7) is 0.900. The normalized spacial score (nSPS) is 10.1. The molecule has 0 aliphatic heterocycles. The van der Waals surface area contributed by atoms with Gasteiger partial charge in [0.1, 0.15) is 0 Å². The molecule has 0 saturated heterocycles. The molecule has 0 radical (unpaired) electrons. The van der Waals surface area contributed by atoms with Gasteiger partial charge in [0.25, 0.3) is 0 Å². The lowest BCUT2D eigenvalue weighted by Crippen LogP contribution is -2.45. The molecule has 5 N–H and O–H groups in total. The molecular formula is C5H13N3O3. The minimum absolute atomic E-state index is 0.0969. The van der Waals surface area contributed by atoms with Crippen LogP contribution in [0.15, 0.2) is 0 Å². The number of carboxylic acid groups (broad SMARTS) is 1. The topological polar surface area (TPSA) is 98.8 Å². The number of amides is 1. The van der Waals surface area contributed by atoms with Crippen LogP contribution >= 0.6 is 0 Å². The maximum Gasteiger partial charge on any atom is 0.419 e. The second-order valence-corrected chi connectivity index (χ2v) is 1.92. The van der Waals surface area contributed by atoms with Gasteiger partial charge < -0.3 is 15.9 Å². The molecule has 0 aromatic carbocycles. The summed E-state index contributed by atoms with van der Waals surface area (Å²) in [4.78, 5) is 10.1. The van der Waals surface area contributed by atoms with Crippen LogP contribution in [0.4, 0.5) is 4.79 Å². The molecule has 0 spiro atoms. The predicted octanol–water partition coefficient (Wildman–Crippen LogP) is -1.58. The Labute approximate surface area is 64.6 Å². The first kappa shape index (κ1) is 10.2. The van der Waals surface area contributed by atoms with Gasteiger partial charge in [-0.15, -0.1) is 0 Å². The predicted molar refractivity (Wildman–Crippen MR) is 38.9 cm³/mol. The zero-order valence-electron chi connectivity index (χ0n) is 6.16. The van der Waals surface area contributed by atoms with Crippen LogP contribution in [-0.4, -0.2) is 47.6 Å². The molecule has 0 aliphatic carbocycles. The van der Waals surface area contributed by atoms with Crippen LogP contribution < -0.4 is 11.2 Å². The SMILES string of the molecule is NCCN(CCO)NC(=O)O. The number of hydrazine groups is 1. The Balaban J connectivity index is 3.59. The fraction of sp³-hybridized carbons (Fsp3) is 0.800. The van der Waals surface area contributed by atoms with Gasteiger partial charge in [-0.3, -0.25) is 5.43 Å². The molecule has 0 aromatic rings. The van der Waals surface area contributed by atoms with Gasteiger partial charge in [0.05, 0.1) is 6.61 Å². The van der Waals surface area contributed by atoms with Crippen molar-refractivity contribution in [3.05, 3.63) is 0 Å². The van der Waals surface area contributed by atoms with Gasteiger partial charge in [0.2, 0.25) is 0 Å². The molecule has 0 saturated carbocycles. The van der Waals surface area contributed by atoms with E-state index in [4.69, 9.17) is 15.9 Å². The van der Waals surface area contributed by atoms with Crippen LogP contribution in [0.25, 0.3) is 0 Å². The van der Waals surface area contributed by atoms with Gasteiger partial charge in [-0.05, 0) is 0 Å². The van der Waals surface area contributed by atoms with Crippen molar-refractivity contribution >= 4 is 6.09 Å². The van der Waals surface area contributed by atoms with Crippen LogP contribution in [0.1, 0.15) is 0 Å². The van der Waals surface area contributed by atoms with E-state index in [2.05, 4.69) is 5.43 Å². The Kier molecular flexibility index (Phi) is 5.44. The molecule has 0 aliphatic rings. The molecular weight excluding hydrogens is 150 g/mol. The summed E-state index contributed by atoms with van der Waals surface area (Å²) in [5, 5.41) is 18.1. The minimum atomic E-state index is -1.15. The number of hydrogen-bond acceptors (Lipinski definition) is 4. The molecule has 0 aromatic heterocycles. The number of nitrogens with one attached hydrogen (secondary N) is 1. The van der Waals surface area contributed by atoms with Gasteiger partial charge in [-0.2, -0.15) is 0 Å². The van der Waals surface area contributed by atoms with E-state index in [1.165, 1.54) is 5.01 Å². The summed E-state index contributed by atoms with van der Waals surface area (Å²) in [6.07, 6.45) is -1.15. The fourth-order valence-electron chi connectivity index (χ4n) is 0.635. The Morgan fingerprint density at radius 2 is 2.18 bits per heavy atom. The lowest BCUT2D eigenvalue weighted by atomic mass is 10.5. The zero-order chi connectivity index (χ0) is 8.69. The summed E-state index contributed by atoms with van der Waals surface area (Å²) in [5.41, 5.74) is 7.27. The van der Waals surface area contributed by atoms with Crippen LogP contribution in [0, 0.1) is 0 Å².